The van der Waals surface area contributed by atoms with Gasteiger partial charge in [0.15, 0.2) is 0 Å². The maximum absolute atomic E-state index is 10.6. The first kappa shape index (κ1) is 30.7. The van der Waals surface area contributed by atoms with E-state index < -0.39 is 0 Å². The van der Waals surface area contributed by atoms with Crippen molar-refractivity contribution in [1.29, 1.82) is 10.5 Å². The van der Waals surface area contributed by atoms with Gasteiger partial charge in [0, 0.05) is 38.0 Å². The summed E-state index contributed by atoms with van der Waals surface area (Å²) in [6.07, 6.45) is 0. The van der Waals surface area contributed by atoms with Gasteiger partial charge in [-0.05, 0) is 77.9 Å². The fourth-order valence-electron chi connectivity index (χ4n) is 8.79. The SMILES string of the molecule is N#Cc1cc(-c2ccc(-n3c4ccccc4c4c(-n5c6ccccc6c6ccccc65)c(C#N)ccc43)cc2)ccc1-n1c2ccccc2c2ccccc21. The van der Waals surface area contributed by atoms with E-state index in [9.17, 15) is 10.5 Å². The van der Waals surface area contributed by atoms with E-state index in [0.29, 0.717) is 11.1 Å². The topological polar surface area (TPSA) is 62.4 Å². The van der Waals surface area contributed by atoms with E-state index in [1.165, 1.54) is 0 Å². The van der Waals surface area contributed by atoms with E-state index in [4.69, 9.17) is 0 Å². The molecule has 0 radical (unpaired) electrons. The van der Waals surface area contributed by atoms with Gasteiger partial charge in [-0.25, -0.2) is 0 Å². The maximum Gasteiger partial charge on any atom is 0.101 e. The quantitative estimate of drug-likeness (QED) is 0.184. The number of aromatic nitrogens is 3. The molecular formula is C50H29N5. The van der Waals surface area contributed by atoms with Crippen LogP contribution in [0.5, 0.6) is 0 Å². The molecule has 0 bridgehead atoms. The van der Waals surface area contributed by atoms with Gasteiger partial charge in [0.2, 0.25) is 0 Å². The molecule has 0 fully saturated rings. The Labute approximate surface area is 316 Å². The van der Waals surface area contributed by atoms with Gasteiger partial charge >= 0.3 is 0 Å². The van der Waals surface area contributed by atoms with Crippen molar-refractivity contribution in [2.75, 3.05) is 0 Å². The third-order valence-corrected chi connectivity index (χ3v) is 11.1. The van der Waals surface area contributed by atoms with Crippen molar-refractivity contribution in [2.24, 2.45) is 0 Å². The highest BCUT2D eigenvalue weighted by atomic mass is 15.0. The van der Waals surface area contributed by atoms with Crippen molar-refractivity contribution < 1.29 is 0 Å². The second kappa shape index (κ2) is 11.8. The molecule has 0 spiro atoms. The smallest absolute Gasteiger partial charge is 0.101 e. The average Bonchev–Trinajstić information content (AvgIpc) is 3.89. The van der Waals surface area contributed by atoms with Crippen LogP contribution in [-0.4, -0.2) is 13.7 Å². The maximum atomic E-state index is 10.6. The minimum Gasteiger partial charge on any atom is -0.309 e. The standard InChI is InChI=1S/C50H29N5/c51-30-34-24-28-48-49(50(34)55-45-18-8-3-13-39(45)40-14-4-9-19-46(40)55)41-15-5-10-20-47(41)53(48)36-25-21-32(22-26-36)33-23-27-42(35(29-33)31-52)54-43-16-6-1-11-37(43)38-12-2-7-17-44(38)54/h1-29H. The average molecular weight is 700 g/mol. The summed E-state index contributed by atoms with van der Waals surface area (Å²) in [5.41, 5.74) is 12.3. The zero-order valence-corrected chi connectivity index (χ0v) is 29.5. The molecular weight excluding hydrogens is 671 g/mol. The van der Waals surface area contributed by atoms with Crippen molar-refractivity contribution in [1.82, 2.24) is 13.7 Å². The van der Waals surface area contributed by atoms with Crippen LogP contribution in [0.3, 0.4) is 0 Å². The van der Waals surface area contributed by atoms with E-state index in [-0.39, 0.29) is 0 Å². The molecule has 0 unspecified atom stereocenters. The number of hydrogen-bond acceptors (Lipinski definition) is 2. The summed E-state index contributed by atoms with van der Waals surface area (Å²) in [5.74, 6) is 0. The monoisotopic (exact) mass is 699 g/mol. The van der Waals surface area contributed by atoms with Crippen molar-refractivity contribution >= 4 is 65.4 Å². The van der Waals surface area contributed by atoms with E-state index >= 15 is 0 Å². The summed E-state index contributed by atoms with van der Waals surface area (Å²) in [6.45, 7) is 0. The molecule has 5 heteroatoms. The van der Waals surface area contributed by atoms with Gasteiger partial charge < -0.3 is 13.7 Å². The lowest BCUT2D eigenvalue weighted by atomic mass is 10.0. The first-order valence-electron chi connectivity index (χ1n) is 18.3. The lowest BCUT2D eigenvalue weighted by molar-refractivity contribution is 1.16. The molecule has 254 valence electrons. The molecule has 0 aliphatic rings. The van der Waals surface area contributed by atoms with Gasteiger partial charge in [0.05, 0.1) is 55.6 Å². The van der Waals surface area contributed by atoms with Crippen LogP contribution in [0.15, 0.2) is 176 Å². The zero-order valence-electron chi connectivity index (χ0n) is 29.5. The van der Waals surface area contributed by atoms with Gasteiger partial charge in [-0.2, -0.15) is 10.5 Å². The second-order valence-corrected chi connectivity index (χ2v) is 14.0. The molecule has 3 aromatic heterocycles. The molecule has 5 nitrogen and oxygen atoms in total. The van der Waals surface area contributed by atoms with Crippen LogP contribution in [0.25, 0.3) is 93.6 Å². The van der Waals surface area contributed by atoms with E-state index in [0.717, 1.165) is 93.6 Å². The van der Waals surface area contributed by atoms with E-state index in [1.807, 2.05) is 24.3 Å². The Morgan fingerprint density at radius 1 is 0.345 bits per heavy atom. The fourth-order valence-corrected chi connectivity index (χ4v) is 8.79. The molecule has 3 heterocycles. The van der Waals surface area contributed by atoms with Gasteiger partial charge in [-0.3, -0.25) is 0 Å². The molecule has 0 atom stereocenters. The van der Waals surface area contributed by atoms with Crippen molar-refractivity contribution in [3.05, 3.63) is 187 Å². The molecule has 8 aromatic carbocycles. The Kier molecular flexibility index (Phi) is 6.61. The normalized spacial score (nSPS) is 11.6. The molecule has 0 aliphatic heterocycles. The summed E-state index contributed by atoms with van der Waals surface area (Å²) in [7, 11) is 0. The fraction of sp³-hybridized carbons (Fsp3) is 0. The summed E-state index contributed by atoms with van der Waals surface area (Å²) in [5, 5.41) is 27.8. The summed E-state index contributed by atoms with van der Waals surface area (Å²) in [4.78, 5) is 0. The summed E-state index contributed by atoms with van der Waals surface area (Å²) < 4.78 is 6.75. The number of hydrogen-bond donors (Lipinski definition) is 0. The Bertz CT molecular complexity index is 3350. The van der Waals surface area contributed by atoms with Gasteiger partial charge in [-0.1, -0.05) is 109 Å². The largest absolute Gasteiger partial charge is 0.309 e. The van der Waals surface area contributed by atoms with Gasteiger partial charge in [0.1, 0.15) is 12.1 Å². The minimum atomic E-state index is 0.612. The molecule has 0 saturated carbocycles. The van der Waals surface area contributed by atoms with Gasteiger partial charge in [0.25, 0.3) is 0 Å². The Morgan fingerprint density at radius 2 is 0.800 bits per heavy atom. The number of para-hydroxylation sites is 5. The third-order valence-electron chi connectivity index (χ3n) is 11.1. The highest BCUT2D eigenvalue weighted by Crippen LogP contribution is 2.42. The molecule has 0 amide bonds. The molecule has 55 heavy (non-hydrogen) atoms. The number of benzene rings is 8. The predicted octanol–water partition coefficient (Wildman–Crippen LogP) is 12.4. The van der Waals surface area contributed by atoms with Crippen LogP contribution in [0.4, 0.5) is 0 Å². The molecule has 0 aliphatic carbocycles. The van der Waals surface area contributed by atoms with Crippen LogP contribution in [0.1, 0.15) is 11.1 Å². The van der Waals surface area contributed by atoms with Crippen LogP contribution < -0.4 is 0 Å². The summed E-state index contributed by atoms with van der Waals surface area (Å²) >= 11 is 0. The van der Waals surface area contributed by atoms with Crippen molar-refractivity contribution in [3.8, 4) is 40.3 Å². The lowest BCUT2D eigenvalue weighted by Crippen LogP contribution is -2.00. The Morgan fingerprint density at radius 3 is 1.33 bits per heavy atom. The van der Waals surface area contributed by atoms with Crippen molar-refractivity contribution in [3.63, 3.8) is 0 Å². The van der Waals surface area contributed by atoms with Crippen LogP contribution in [0, 0.1) is 22.7 Å². The highest BCUT2D eigenvalue weighted by Gasteiger charge is 2.22. The number of fused-ring (bicyclic) bond motifs is 9. The van der Waals surface area contributed by atoms with Crippen LogP contribution in [0.2, 0.25) is 0 Å². The van der Waals surface area contributed by atoms with Crippen molar-refractivity contribution in [2.45, 2.75) is 0 Å². The van der Waals surface area contributed by atoms with Crippen LogP contribution in [-0.2, 0) is 0 Å². The first-order chi connectivity index (χ1) is 27.2. The van der Waals surface area contributed by atoms with E-state index in [1.54, 1.807) is 0 Å². The first-order valence-corrected chi connectivity index (χ1v) is 18.3. The molecule has 11 aromatic rings. The molecule has 0 N–H and O–H groups in total. The Balaban J connectivity index is 1.07. The lowest BCUT2D eigenvalue weighted by Gasteiger charge is -2.14. The predicted molar refractivity (Wildman–Crippen MR) is 224 cm³/mol. The summed E-state index contributed by atoms with van der Waals surface area (Å²) in [6, 6.07) is 65.8. The minimum absolute atomic E-state index is 0.612. The Hall–Kier alpha value is -7.86. The van der Waals surface area contributed by atoms with Gasteiger partial charge in [-0.15, -0.1) is 0 Å². The molecule has 0 saturated heterocycles. The third kappa shape index (κ3) is 4.39. The highest BCUT2D eigenvalue weighted by molar-refractivity contribution is 6.17. The van der Waals surface area contributed by atoms with Crippen LogP contribution >= 0.6 is 0 Å². The molecule has 11 rings (SSSR count). The number of nitriles is 2. The van der Waals surface area contributed by atoms with E-state index in [2.05, 4.69) is 177 Å². The zero-order chi connectivity index (χ0) is 36.6. The number of rotatable bonds is 4. The number of nitrogens with zero attached hydrogens (tertiary/aromatic N) is 5. The second-order valence-electron chi connectivity index (χ2n) is 14.0.